The number of carbonyl (C=O) groups is 1. The molecule has 0 radical (unpaired) electrons. The zero-order chi connectivity index (χ0) is 17.7. The zero-order valence-electron chi connectivity index (χ0n) is 14.5. The Bertz CT molecular complexity index is 760. The van der Waals surface area contributed by atoms with E-state index in [1.165, 1.54) is 0 Å². The second-order valence-electron chi connectivity index (χ2n) is 7.32. The number of hydrogen-bond acceptors (Lipinski definition) is 3. The summed E-state index contributed by atoms with van der Waals surface area (Å²) in [6.45, 7) is 7.96. The number of carbonyl (C=O) groups excluding carboxylic acids is 1. The molecule has 0 spiro atoms. The van der Waals surface area contributed by atoms with Crippen LogP contribution >= 0.6 is 15.9 Å². The van der Waals surface area contributed by atoms with Gasteiger partial charge in [0.1, 0.15) is 5.76 Å². The average Bonchev–Trinajstić information content (AvgIpc) is 2.96. The fourth-order valence-corrected chi connectivity index (χ4v) is 4.10. The van der Waals surface area contributed by atoms with Gasteiger partial charge in [0.2, 0.25) is 0 Å². The van der Waals surface area contributed by atoms with Crippen molar-refractivity contribution in [3.8, 4) is 0 Å². The van der Waals surface area contributed by atoms with Gasteiger partial charge in [0.15, 0.2) is 5.78 Å². The Balaban J connectivity index is 2.06. The van der Waals surface area contributed by atoms with E-state index in [1.54, 1.807) is 0 Å². The van der Waals surface area contributed by atoms with Crippen molar-refractivity contribution in [3.05, 3.63) is 51.7 Å². The number of aryl methyl sites for hydroxylation is 1. The SMILES string of the molecule is CCc1ccc(Br)cc1C1=C(O)[C@@H]([C@]2(C)C=CC(C)(C)O2)CC1=O. The Kier molecular flexibility index (Phi) is 4.25. The number of rotatable bonds is 3. The van der Waals surface area contributed by atoms with Crippen LogP contribution in [0.15, 0.2) is 40.6 Å². The molecule has 2 atom stereocenters. The molecule has 24 heavy (non-hydrogen) atoms. The standard InChI is InChI=1S/C20H23BrO3/c1-5-12-6-7-13(21)10-14(12)17-16(22)11-15(18(17)23)20(4)9-8-19(2,3)24-20/h6-10,15,23H,5,11H2,1-4H3/t15-,20-/m0/s1. The van der Waals surface area contributed by atoms with Gasteiger partial charge in [0.25, 0.3) is 0 Å². The second-order valence-corrected chi connectivity index (χ2v) is 8.23. The lowest BCUT2D eigenvalue weighted by molar-refractivity contribution is -0.118. The van der Waals surface area contributed by atoms with E-state index in [9.17, 15) is 9.90 Å². The van der Waals surface area contributed by atoms with Gasteiger partial charge in [0, 0.05) is 10.9 Å². The van der Waals surface area contributed by atoms with Crippen molar-refractivity contribution < 1.29 is 14.6 Å². The highest BCUT2D eigenvalue weighted by molar-refractivity contribution is 9.10. The Morgan fingerprint density at radius 1 is 1.29 bits per heavy atom. The normalized spacial score (nSPS) is 28.9. The van der Waals surface area contributed by atoms with Crippen LogP contribution in [-0.4, -0.2) is 22.1 Å². The number of ketones is 1. The molecule has 1 heterocycles. The van der Waals surface area contributed by atoms with Crippen LogP contribution in [0.2, 0.25) is 0 Å². The summed E-state index contributed by atoms with van der Waals surface area (Å²) in [4.78, 5) is 12.7. The number of ether oxygens (including phenoxy) is 1. The molecule has 0 saturated heterocycles. The Hall–Kier alpha value is -1.39. The van der Waals surface area contributed by atoms with Gasteiger partial charge in [-0.2, -0.15) is 0 Å². The fourth-order valence-electron chi connectivity index (χ4n) is 3.74. The van der Waals surface area contributed by atoms with Crippen LogP contribution in [0.25, 0.3) is 5.57 Å². The van der Waals surface area contributed by atoms with Crippen molar-refractivity contribution in [2.24, 2.45) is 5.92 Å². The van der Waals surface area contributed by atoms with E-state index in [1.807, 2.05) is 58.0 Å². The highest BCUT2D eigenvalue weighted by Gasteiger charge is 2.49. The van der Waals surface area contributed by atoms with E-state index in [4.69, 9.17) is 4.74 Å². The monoisotopic (exact) mass is 390 g/mol. The number of allylic oxidation sites excluding steroid dienone is 1. The molecule has 0 fully saturated rings. The molecule has 4 heteroatoms. The van der Waals surface area contributed by atoms with Gasteiger partial charge in [-0.3, -0.25) is 4.79 Å². The Morgan fingerprint density at radius 3 is 2.58 bits per heavy atom. The highest BCUT2D eigenvalue weighted by atomic mass is 79.9. The van der Waals surface area contributed by atoms with Crippen molar-refractivity contribution in [2.75, 3.05) is 0 Å². The highest BCUT2D eigenvalue weighted by Crippen LogP contribution is 2.46. The molecular formula is C20H23BrO3. The Morgan fingerprint density at radius 2 is 2.00 bits per heavy atom. The minimum atomic E-state index is -0.663. The van der Waals surface area contributed by atoms with Crippen LogP contribution in [0, 0.1) is 5.92 Å². The average molecular weight is 391 g/mol. The van der Waals surface area contributed by atoms with E-state index in [0.717, 1.165) is 22.0 Å². The van der Waals surface area contributed by atoms with Gasteiger partial charge in [-0.15, -0.1) is 0 Å². The maximum Gasteiger partial charge on any atom is 0.167 e. The van der Waals surface area contributed by atoms with Crippen LogP contribution in [0.4, 0.5) is 0 Å². The summed E-state index contributed by atoms with van der Waals surface area (Å²) in [5, 5.41) is 10.9. The first-order valence-electron chi connectivity index (χ1n) is 8.32. The predicted molar refractivity (Wildman–Crippen MR) is 98.9 cm³/mol. The molecule has 1 aromatic rings. The molecule has 1 N–H and O–H groups in total. The van der Waals surface area contributed by atoms with Crippen LogP contribution in [-0.2, 0) is 16.0 Å². The minimum absolute atomic E-state index is 0.0202. The fraction of sp³-hybridized carbons (Fsp3) is 0.450. The van der Waals surface area contributed by atoms with Gasteiger partial charge >= 0.3 is 0 Å². The second kappa shape index (κ2) is 5.85. The summed E-state index contributed by atoms with van der Waals surface area (Å²) in [5.74, 6) is -0.215. The number of halogens is 1. The molecule has 2 aliphatic rings. The summed E-state index contributed by atoms with van der Waals surface area (Å²) in [7, 11) is 0. The van der Waals surface area contributed by atoms with Gasteiger partial charge in [-0.25, -0.2) is 0 Å². The third-order valence-electron chi connectivity index (χ3n) is 4.97. The van der Waals surface area contributed by atoms with Crippen molar-refractivity contribution >= 4 is 27.3 Å². The summed E-state index contributed by atoms with van der Waals surface area (Å²) in [6.07, 6.45) is 5.05. The third-order valence-corrected chi connectivity index (χ3v) is 5.46. The minimum Gasteiger partial charge on any atom is -0.511 e. The smallest absolute Gasteiger partial charge is 0.167 e. The molecule has 0 amide bonds. The van der Waals surface area contributed by atoms with E-state index in [-0.39, 0.29) is 29.5 Å². The van der Waals surface area contributed by atoms with Crippen LogP contribution in [0.5, 0.6) is 0 Å². The van der Waals surface area contributed by atoms with Gasteiger partial charge < -0.3 is 9.84 Å². The molecule has 0 aromatic heterocycles. The molecule has 0 saturated carbocycles. The molecule has 1 aliphatic heterocycles. The largest absolute Gasteiger partial charge is 0.511 e. The first kappa shape index (κ1) is 17.4. The number of Topliss-reactive ketones (excluding diaryl/α,β-unsaturated/α-hetero) is 1. The lowest BCUT2D eigenvalue weighted by Crippen LogP contribution is -2.38. The van der Waals surface area contributed by atoms with Gasteiger partial charge in [-0.1, -0.05) is 41.1 Å². The predicted octanol–water partition coefficient (Wildman–Crippen LogP) is 4.99. The van der Waals surface area contributed by atoms with E-state index >= 15 is 0 Å². The molecule has 0 bridgehead atoms. The summed E-state index contributed by atoms with van der Waals surface area (Å²) >= 11 is 3.47. The topological polar surface area (TPSA) is 46.5 Å². The van der Waals surface area contributed by atoms with Crippen molar-refractivity contribution in [2.45, 2.75) is 51.7 Å². The van der Waals surface area contributed by atoms with Gasteiger partial charge in [-0.05, 0) is 50.5 Å². The molecule has 1 aromatic carbocycles. The van der Waals surface area contributed by atoms with Crippen molar-refractivity contribution in [1.82, 2.24) is 0 Å². The van der Waals surface area contributed by atoms with Crippen LogP contribution in [0.1, 0.15) is 45.2 Å². The molecule has 0 unspecified atom stereocenters. The van der Waals surface area contributed by atoms with Gasteiger partial charge in [0.05, 0.1) is 22.7 Å². The molecule has 3 rings (SSSR count). The Labute approximate surface area is 151 Å². The number of hydrogen-bond donors (Lipinski definition) is 1. The summed E-state index contributed by atoms with van der Waals surface area (Å²) < 4.78 is 7.04. The molecule has 128 valence electrons. The first-order chi connectivity index (χ1) is 11.2. The number of benzene rings is 1. The molecule has 3 nitrogen and oxygen atoms in total. The lowest BCUT2D eigenvalue weighted by atomic mass is 9.87. The third kappa shape index (κ3) is 2.86. The van der Waals surface area contributed by atoms with Crippen LogP contribution in [0.3, 0.4) is 0 Å². The lowest BCUT2D eigenvalue weighted by Gasteiger charge is -2.33. The zero-order valence-corrected chi connectivity index (χ0v) is 16.1. The molecule has 1 aliphatic carbocycles. The number of aliphatic hydroxyl groups is 1. The quantitative estimate of drug-likeness (QED) is 0.739. The summed E-state index contributed by atoms with van der Waals surface area (Å²) in [6, 6.07) is 5.88. The van der Waals surface area contributed by atoms with E-state index in [2.05, 4.69) is 15.9 Å². The van der Waals surface area contributed by atoms with E-state index < -0.39 is 5.60 Å². The summed E-state index contributed by atoms with van der Waals surface area (Å²) in [5.41, 5.74) is 1.28. The first-order valence-corrected chi connectivity index (χ1v) is 9.12. The van der Waals surface area contributed by atoms with Crippen molar-refractivity contribution in [1.29, 1.82) is 0 Å². The van der Waals surface area contributed by atoms with Crippen molar-refractivity contribution in [3.63, 3.8) is 0 Å². The maximum atomic E-state index is 12.7. The van der Waals surface area contributed by atoms with Crippen LogP contribution < -0.4 is 0 Å². The molecular weight excluding hydrogens is 368 g/mol. The number of aliphatic hydroxyl groups excluding tert-OH is 1. The van der Waals surface area contributed by atoms with E-state index in [0.29, 0.717) is 5.57 Å². The maximum absolute atomic E-state index is 12.7.